The molecule has 0 aliphatic carbocycles. The summed E-state index contributed by atoms with van der Waals surface area (Å²) in [6.45, 7) is 2.09. The van der Waals surface area contributed by atoms with Crippen LogP contribution in [0.1, 0.15) is 16.8 Å². The summed E-state index contributed by atoms with van der Waals surface area (Å²) < 4.78 is 0.925. The molecule has 94 valence electrons. The number of rotatable bonds is 5. The highest BCUT2D eigenvalue weighted by atomic mass is 32.2. The highest BCUT2D eigenvalue weighted by Crippen LogP contribution is 2.27. The standard InChI is InChI=1S/C13H13NO2S2/c1-9-4-2-3-5-10(9)7-17-13-14-11(8-18-13)6-12(15)16/h2-5,8H,6-7H2,1H3,(H,15,16). The lowest BCUT2D eigenvalue weighted by atomic mass is 10.1. The average molecular weight is 279 g/mol. The number of carboxylic acids is 1. The maximum atomic E-state index is 10.6. The second-order valence-corrected chi connectivity index (χ2v) is 5.97. The molecule has 5 heteroatoms. The van der Waals surface area contributed by atoms with Crippen molar-refractivity contribution in [3.8, 4) is 0 Å². The summed E-state index contributed by atoms with van der Waals surface area (Å²) in [6, 6.07) is 8.25. The predicted octanol–water partition coefficient (Wildman–Crippen LogP) is 3.37. The molecule has 1 N–H and O–H groups in total. The van der Waals surface area contributed by atoms with Crippen LogP contribution in [0.4, 0.5) is 0 Å². The van der Waals surface area contributed by atoms with Crippen LogP contribution in [0.5, 0.6) is 0 Å². The van der Waals surface area contributed by atoms with Gasteiger partial charge in [-0.3, -0.25) is 4.79 Å². The van der Waals surface area contributed by atoms with Gasteiger partial charge < -0.3 is 5.11 Å². The quantitative estimate of drug-likeness (QED) is 0.853. The first-order valence-corrected chi connectivity index (χ1v) is 7.35. The maximum Gasteiger partial charge on any atom is 0.309 e. The van der Waals surface area contributed by atoms with E-state index in [1.54, 1.807) is 11.8 Å². The van der Waals surface area contributed by atoms with Crippen LogP contribution >= 0.6 is 23.1 Å². The van der Waals surface area contributed by atoms with E-state index < -0.39 is 5.97 Å². The van der Waals surface area contributed by atoms with Gasteiger partial charge in [-0.2, -0.15) is 0 Å². The zero-order valence-electron chi connectivity index (χ0n) is 9.92. The number of aliphatic carboxylic acids is 1. The van der Waals surface area contributed by atoms with E-state index in [1.165, 1.54) is 22.5 Å². The molecule has 0 bridgehead atoms. The number of carbonyl (C=O) groups is 1. The van der Waals surface area contributed by atoms with Crippen LogP contribution in [-0.4, -0.2) is 16.1 Å². The molecule has 3 nitrogen and oxygen atoms in total. The fraction of sp³-hybridized carbons (Fsp3) is 0.231. The smallest absolute Gasteiger partial charge is 0.309 e. The van der Waals surface area contributed by atoms with E-state index in [-0.39, 0.29) is 6.42 Å². The van der Waals surface area contributed by atoms with E-state index in [0.29, 0.717) is 5.69 Å². The van der Waals surface area contributed by atoms with Gasteiger partial charge in [0.25, 0.3) is 0 Å². The summed E-state index contributed by atoms with van der Waals surface area (Å²) in [5, 5.41) is 10.5. The van der Waals surface area contributed by atoms with Crippen molar-refractivity contribution >= 4 is 29.1 Å². The lowest BCUT2D eigenvalue weighted by Gasteiger charge is -2.02. The van der Waals surface area contributed by atoms with Crippen LogP contribution < -0.4 is 0 Å². The van der Waals surface area contributed by atoms with Crippen molar-refractivity contribution in [3.63, 3.8) is 0 Å². The Balaban J connectivity index is 1.96. The van der Waals surface area contributed by atoms with Crippen LogP contribution in [0.25, 0.3) is 0 Å². The van der Waals surface area contributed by atoms with Gasteiger partial charge in [-0.25, -0.2) is 4.98 Å². The number of thiazole rings is 1. The minimum atomic E-state index is -0.837. The molecule has 1 heterocycles. The van der Waals surface area contributed by atoms with Crippen LogP contribution in [0.3, 0.4) is 0 Å². The van der Waals surface area contributed by atoms with Gasteiger partial charge in [0.05, 0.1) is 12.1 Å². The number of hydrogen-bond acceptors (Lipinski definition) is 4. The maximum absolute atomic E-state index is 10.6. The van der Waals surface area contributed by atoms with E-state index in [4.69, 9.17) is 5.11 Å². The van der Waals surface area contributed by atoms with Gasteiger partial charge in [-0.05, 0) is 18.1 Å². The molecule has 2 rings (SSSR count). The third-order valence-electron chi connectivity index (χ3n) is 2.48. The third-order valence-corrected chi connectivity index (χ3v) is 4.59. The van der Waals surface area contributed by atoms with Crippen molar-refractivity contribution in [3.05, 3.63) is 46.5 Å². The number of benzene rings is 1. The van der Waals surface area contributed by atoms with Crippen molar-refractivity contribution in [1.29, 1.82) is 0 Å². The Morgan fingerprint density at radius 1 is 1.44 bits per heavy atom. The zero-order valence-corrected chi connectivity index (χ0v) is 11.6. The first-order chi connectivity index (χ1) is 8.65. The summed E-state index contributed by atoms with van der Waals surface area (Å²) in [5.74, 6) is 0.0305. The van der Waals surface area contributed by atoms with E-state index in [2.05, 4.69) is 24.0 Å². The number of thioether (sulfide) groups is 1. The Bertz CT molecular complexity index is 551. The normalized spacial score (nSPS) is 10.5. The lowest BCUT2D eigenvalue weighted by molar-refractivity contribution is -0.136. The fourth-order valence-corrected chi connectivity index (χ4v) is 3.42. The molecule has 1 aromatic carbocycles. The molecule has 0 saturated carbocycles. The summed E-state index contributed by atoms with van der Waals surface area (Å²) >= 11 is 3.16. The van der Waals surface area contributed by atoms with Gasteiger partial charge in [0, 0.05) is 11.1 Å². The van der Waals surface area contributed by atoms with Gasteiger partial charge in [0.1, 0.15) is 4.34 Å². The molecule has 0 aliphatic heterocycles. The first-order valence-electron chi connectivity index (χ1n) is 5.48. The second kappa shape index (κ2) is 6.02. The van der Waals surface area contributed by atoms with Crippen molar-refractivity contribution in [2.75, 3.05) is 0 Å². The van der Waals surface area contributed by atoms with Crippen molar-refractivity contribution in [1.82, 2.24) is 4.98 Å². The third kappa shape index (κ3) is 3.58. The molecule has 0 atom stereocenters. The van der Waals surface area contributed by atoms with Crippen LogP contribution in [-0.2, 0) is 17.0 Å². The average Bonchev–Trinajstić information content (AvgIpc) is 2.75. The highest BCUT2D eigenvalue weighted by Gasteiger charge is 2.07. The van der Waals surface area contributed by atoms with Gasteiger partial charge >= 0.3 is 5.97 Å². The van der Waals surface area contributed by atoms with E-state index in [0.717, 1.165) is 10.1 Å². The molecule has 0 spiro atoms. The van der Waals surface area contributed by atoms with Crippen LogP contribution in [0.2, 0.25) is 0 Å². The molecule has 0 fully saturated rings. The molecule has 2 aromatic rings. The molecular formula is C13H13NO2S2. The summed E-state index contributed by atoms with van der Waals surface area (Å²) in [6.07, 6.45) is 0.00141. The zero-order chi connectivity index (χ0) is 13.0. The molecule has 0 aliphatic rings. The van der Waals surface area contributed by atoms with Gasteiger partial charge in [-0.1, -0.05) is 36.0 Å². The topological polar surface area (TPSA) is 50.2 Å². The number of aromatic nitrogens is 1. The molecule has 1 aromatic heterocycles. The Kier molecular flexibility index (Phi) is 4.38. The summed E-state index contributed by atoms with van der Waals surface area (Å²) in [5.41, 5.74) is 3.20. The van der Waals surface area contributed by atoms with Crippen molar-refractivity contribution in [2.24, 2.45) is 0 Å². The molecule has 18 heavy (non-hydrogen) atoms. The molecule has 0 radical (unpaired) electrons. The van der Waals surface area contributed by atoms with E-state index in [9.17, 15) is 4.79 Å². The number of hydrogen-bond donors (Lipinski definition) is 1. The van der Waals surface area contributed by atoms with Crippen LogP contribution in [0, 0.1) is 6.92 Å². The number of nitrogens with zero attached hydrogens (tertiary/aromatic N) is 1. The van der Waals surface area contributed by atoms with Gasteiger partial charge in [0.15, 0.2) is 0 Å². The minimum absolute atomic E-state index is 0.00141. The predicted molar refractivity (Wildman–Crippen MR) is 74.2 cm³/mol. The van der Waals surface area contributed by atoms with Crippen molar-refractivity contribution < 1.29 is 9.90 Å². The largest absolute Gasteiger partial charge is 0.481 e. The SMILES string of the molecule is Cc1ccccc1CSc1nc(CC(=O)O)cs1. The Morgan fingerprint density at radius 3 is 2.94 bits per heavy atom. The molecule has 0 unspecified atom stereocenters. The van der Waals surface area contributed by atoms with E-state index in [1.807, 2.05) is 17.5 Å². The van der Waals surface area contributed by atoms with Crippen LogP contribution in [0.15, 0.2) is 34.0 Å². The first kappa shape index (κ1) is 13.1. The Labute approximate surface area is 114 Å². The number of aryl methyl sites for hydroxylation is 1. The fourth-order valence-electron chi connectivity index (χ4n) is 1.50. The Hall–Kier alpha value is -1.33. The number of carboxylic acid groups (broad SMARTS) is 1. The lowest BCUT2D eigenvalue weighted by Crippen LogP contribution is -1.99. The van der Waals surface area contributed by atoms with Gasteiger partial charge in [-0.15, -0.1) is 11.3 Å². The summed E-state index contributed by atoms with van der Waals surface area (Å²) in [7, 11) is 0. The molecule has 0 amide bonds. The molecule has 0 saturated heterocycles. The monoisotopic (exact) mass is 279 g/mol. The van der Waals surface area contributed by atoms with E-state index >= 15 is 0 Å². The summed E-state index contributed by atoms with van der Waals surface area (Å²) in [4.78, 5) is 14.9. The highest BCUT2D eigenvalue weighted by molar-refractivity contribution is 8.00. The minimum Gasteiger partial charge on any atom is -0.481 e. The van der Waals surface area contributed by atoms with Gasteiger partial charge in [0.2, 0.25) is 0 Å². The second-order valence-electron chi connectivity index (χ2n) is 3.89. The Morgan fingerprint density at radius 2 is 2.22 bits per heavy atom. The van der Waals surface area contributed by atoms with Crippen molar-refractivity contribution in [2.45, 2.75) is 23.4 Å². The molecular weight excluding hydrogens is 266 g/mol.